The van der Waals surface area contributed by atoms with Crippen LogP contribution in [0.15, 0.2) is 22.9 Å². The summed E-state index contributed by atoms with van der Waals surface area (Å²) >= 11 is 0. The van der Waals surface area contributed by atoms with Gasteiger partial charge in [-0.2, -0.15) is 18.2 Å². The van der Waals surface area contributed by atoms with Crippen LogP contribution >= 0.6 is 0 Å². The van der Waals surface area contributed by atoms with Gasteiger partial charge in [-0.05, 0) is 31.5 Å². The van der Waals surface area contributed by atoms with Crippen LogP contribution in [0.5, 0.6) is 0 Å². The van der Waals surface area contributed by atoms with E-state index in [1.165, 1.54) is 6.20 Å². The zero-order chi connectivity index (χ0) is 14.9. The summed E-state index contributed by atoms with van der Waals surface area (Å²) in [6, 6.07) is 3.47. The van der Waals surface area contributed by atoms with Crippen molar-refractivity contribution in [2.45, 2.75) is 24.9 Å². The van der Waals surface area contributed by atoms with Crippen molar-refractivity contribution in [3.8, 4) is 11.4 Å². The molecule has 1 fully saturated rings. The first kappa shape index (κ1) is 14.0. The van der Waals surface area contributed by atoms with E-state index in [-0.39, 0.29) is 5.82 Å². The lowest BCUT2D eigenvalue weighted by Gasteiger charge is -2.22. The van der Waals surface area contributed by atoms with Crippen molar-refractivity contribution >= 4 is 0 Å². The van der Waals surface area contributed by atoms with Gasteiger partial charge in [0.2, 0.25) is 5.82 Å². The number of aromatic nitrogens is 3. The zero-order valence-corrected chi connectivity index (χ0v) is 11.0. The van der Waals surface area contributed by atoms with Gasteiger partial charge in [0.25, 0.3) is 0 Å². The van der Waals surface area contributed by atoms with Gasteiger partial charge in [-0.3, -0.25) is 4.98 Å². The van der Waals surface area contributed by atoms with Crippen LogP contribution in [-0.4, -0.2) is 28.2 Å². The van der Waals surface area contributed by atoms with Crippen molar-refractivity contribution < 1.29 is 17.7 Å². The molecule has 0 bridgehead atoms. The number of alkyl halides is 3. The van der Waals surface area contributed by atoms with E-state index in [9.17, 15) is 13.2 Å². The topological polar surface area (TPSA) is 63.8 Å². The molecule has 2 aromatic heterocycles. The third kappa shape index (κ3) is 3.05. The van der Waals surface area contributed by atoms with Crippen molar-refractivity contribution in [1.82, 2.24) is 20.4 Å². The lowest BCUT2D eigenvalue weighted by atomic mass is 9.95. The summed E-state index contributed by atoms with van der Waals surface area (Å²) in [6.45, 7) is 1.88. The lowest BCUT2D eigenvalue weighted by Crippen LogP contribution is -2.28. The number of nitrogens with one attached hydrogen (secondary N) is 1. The molecule has 1 N–H and O–H groups in total. The van der Waals surface area contributed by atoms with E-state index < -0.39 is 12.1 Å². The molecule has 1 saturated heterocycles. The summed E-state index contributed by atoms with van der Waals surface area (Å²) in [5.74, 6) is -1.12. The number of halogens is 3. The average molecular weight is 298 g/mol. The Kier molecular flexibility index (Phi) is 3.62. The van der Waals surface area contributed by atoms with E-state index in [2.05, 4.69) is 25.0 Å². The number of nitrogens with zero attached hydrogens (tertiary/aromatic N) is 3. The molecule has 0 amide bonds. The minimum Gasteiger partial charge on any atom is -0.329 e. The number of hydrogen-bond acceptors (Lipinski definition) is 5. The van der Waals surface area contributed by atoms with Crippen LogP contribution in [-0.2, 0) is 6.18 Å². The van der Waals surface area contributed by atoms with Gasteiger partial charge >= 0.3 is 12.1 Å². The average Bonchev–Trinajstić information content (AvgIpc) is 2.98. The highest BCUT2D eigenvalue weighted by molar-refractivity contribution is 5.52. The molecule has 1 unspecified atom stereocenters. The van der Waals surface area contributed by atoms with Crippen molar-refractivity contribution in [3.63, 3.8) is 0 Å². The van der Waals surface area contributed by atoms with Gasteiger partial charge in [0.1, 0.15) is 0 Å². The summed E-state index contributed by atoms with van der Waals surface area (Å²) in [5, 5.41) is 6.63. The molecule has 1 aliphatic heterocycles. The van der Waals surface area contributed by atoms with Crippen LogP contribution in [0.4, 0.5) is 13.2 Å². The van der Waals surface area contributed by atoms with Crippen LogP contribution in [0.3, 0.4) is 0 Å². The second kappa shape index (κ2) is 5.44. The molecule has 112 valence electrons. The molecular weight excluding hydrogens is 285 g/mol. The van der Waals surface area contributed by atoms with E-state index in [0.29, 0.717) is 11.5 Å². The highest BCUT2D eigenvalue weighted by Gasteiger charge is 2.38. The smallest absolute Gasteiger partial charge is 0.329 e. The Labute approximate surface area is 118 Å². The van der Waals surface area contributed by atoms with Crippen molar-refractivity contribution in [2.24, 2.45) is 0 Å². The van der Waals surface area contributed by atoms with Gasteiger partial charge < -0.3 is 9.84 Å². The van der Waals surface area contributed by atoms with Crippen molar-refractivity contribution in [2.75, 3.05) is 13.1 Å². The number of rotatable bonds is 2. The molecule has 1 aliphatic rings. The monoisotopic (exact) mass is 298 g/mol. The summed E-state index contributed by atoms with van der Waals surface area (Å²) in [4.78, 5) is 7.65. The summed E-state index contributed by atoms with van der Waals surface area (Å²) in [5.41, 5.74) is 1.33. The Morgan fingerprint density at radius 3 is 2.71 bits per heavy atom. The van der Waals surface area contributed by atoms with Crippen molar-refractivity contribution in [3.05, 3.63) is 29.9 Å². The molecule has 0 spiro atoms. The van der Waals surface area contributed by atoms with Crippen molar-refractivity contribution in [1.29, 1.82) is 0 Å². The third-order valence-electron chi connectivity index (χ3n) is 3.43. The lowest BCUT2D eigenvalue weighted by molar-refractivity contribution is -0.159. The number of pyridine rings is 1. The minimum absolute atomic E-state index is 0.108. The van der Waals surface area contributed by atoms with Gasteiger partial charge in [0.05, 0.1) is 0 Å². The van der Waals surface area contributed by atoms with Crippen LogP contribution in [0, 0.1) is 0 Å². The highest BCUT2D eigenvalue weighted by Crippen LogP contribution is 2.29. The first-order valence-corrected chi connectivity index (χ1v) is 6.62. The van der Waals surface area contributed by atoms with E-state index in [4.69, 9.17) is 0 Å². The normalized spacial score (nSPS) is 19.7. The molecule has 8 heteroatoms. The van der Waals surface area contributed by atoms with E-state index in [1.807, 2.05) is 0 Å². The third-order valence-corrected chi connectivity index (χ3v) is 3.43. The molecule has 0 aromatic carbocycles. The Balaban J connectivity index is 1.79. The maximum Gasteiger partial charge on any atom is 0.471 e. The highest BCUT2D eigenvalue weighted by atomic mass is 19.4. The molecular formula is C13H13F3N4O. The van der Waals surface area contributed by atoms with E-state index >= 15 is 0 Å². The fourth-order valence-electron chi connectivity index (χ4n) is 2.34. The van der Waals surface area contributed by atoms with Crippen LogP contribution in [0.2, 0.25) is 0 Å². The summed E-state index contributed by atoms with van der Waals surface area (Å²) in [7, 11) is 0. The van der Waals surface area contributed by atoms with Gasteiger partial charge in [-0.15, -0.1) is 0 Å². The standard InChI is InChI=1S/C13H13F3N4O/c14-13(15,16)12-19-11(20-21-12)9-3-4-10(18-7-9)8-2-1-5-17-6-8/h3-4,7-8,17H,1-2,5-6H2. The maximum atomic E-state index is 12.4. The zero-order valence-electron chi connectivity index (χ0n) is 11.0. The second-order valence-electron chi connectivity index (χ2n) is 4.94. The first-order valence-electron chi connectivity index (χ1n) is 6.62. The summed E-state index contributed by atoms with van der Waals surface area (Å²) in [6.07, 6.45) is -1.00. The molecule has 5 nitrogen and oxygen atoms in total. The SMILES string of the molecule is FC(F)(F)c1nc(-c2ccc(C3CCCNC3)nc2)no1. The quantitative estimate of drug-likeness (QED) is 0.923. The minimum atomic E-state index is -4.63. The van der Waals surface area contributed by atoms with Crippen LogP contribution in [0.25, 0.3) is 11.4 Å². The van der Waals surface area contributed by atoms with Gasteiger partial charge in [0.15, 0.2) is 0 Å². The molecule has 0 saturated carbocycles. The summed E-state index contributed by atoms with van der Waals surface area (Å²) < 4.78 is 41.4. The number of hydrogen-bond donors (Lipinski definition) is 1. The fourth-order valence-corrected chi connectivity index (χ4v) is 2.34. The second-order valence-corrected chi connectivity index (χ2v) is 4.94. The Bertz CT molecular complexity index is 603. The Morgan fingerprint density at radius 2 is 2.14 bits per heavy atom. The van der Waals surface area contributed by atoms with Crippen LogP contribution < -0.4 is 5.32 Å². The molecule has 1 atom stereocenters. The largest absolute Gasteiger partial charge is 0.471 e. The molecule has 21 heavy (non-hydrogen) atoms. The molecule has 2 aromatic rings. The van der Waals surface area contributed by atoms with E-state index in [0.717, 1.165) is 31.6 Å². The Morgan fingerprint density at radius 1 is 1.29 bits per heavy atom. The molecule has 3 rings (SSSR count). The predicted molar refractivity (Wildman–Crippen MR) is 67.4 cm³/mol. The fraction of sp³-hybridized carbons (Fsp3) is 0.462. The molecule has 3 heterocycles. The predicted octanol–water partition coefficient (Wildman–Crippen LogP) is 2.62. The molecule has 0 radical (unpaired) electrons. The Hall–Kier alpha value is -1.96. The van der Waals surface area contributed by atoms with Crippen LogP contribution in [0.1, 0.15) is 30.3 Å². The van der Waals surface area contributed by atoms with Gasteiger partial charge in [-0.1, -0.05) is 5.16 Å². The maximum absolute atomic E-state index is 12.4. The van der Waals surface area contributed by atoms with Gasteiger partial charge in [0, 0.05) is 29.9 Å². The molecule has 0 aliphatic carbocycles. The first-order chi connectivity index (χ1) is 10.0. The van der Waals surface area contributed by atoms with Gasteiger partial charge in [-0.25, -0.2) is 0 Å². The van der Waals surface area contributed by atoms with E-state index in [1.54, 1.807) is 12.1 Å². The number of piperidine rings is 1.